The summed E-state index contributed by atoms with van der Waals surface area (Å²) in [6.45, 7) is 2.09. The molecule has 0 atom stereocenters. The van der Waals surface area contributed by atoms with Crippen molar-refractivity contribution in [3.8, 4) is 0 Å². The van der Waals surface area contributed by atoms with E-state index in [1.807, 2.05) is 12.3 Å². The van der Waals surface area contributed by atoms with Crippen LogP contribution in [-0.2, 0) is 0 Å². The fourth-order valence-corrected chi connectivity index (χ4v) is 1.46. The van der Waals surface area contributed by atoms with E-state index in [0.29, 0.717) is 0 Å². The second-order valence-corrected chi connectivity index (χ2v) is 3.10. The monoisotopic (exact) mass is 155 g/mol. The van der Waals surface area contributed by atoms with Crippen LogP contribution in [0.4, 0.5) is 0 Å². The quantitative estimate of drug-likeness (QED) is 0.513. The number of aromatic nitrogens is 1. The zero-order chi connectivity index (χ0) is 8.55. The number of benzene rings is 1. The molecule has 12 heavy (non-hydrogen) atoms. The molecule has 0 amide bonds. The number of aryl methyl sites for hydroxylation is 1. The van der Waals surface area contributed by atoms with Crippen molar-refractivity contribution in [2.24, 2.45) is 0 Å². The first kappa shape index (κ1) is 7.35. The number of rotatable bonds is 0. The number of hydrogen-bond donors (Lipinski definition) is 0. The lowest BCUT2D eigenvalue weighted by Crippen LogP contribution is -2.04. The molecule has 0 aliphatic heterocycles. The van der Waals surface area contributed by atoms with Crippen LogP contribution in [0.2, 0.25) is 0 Å². The molecule has 0 bridgehead atoms. The van der Waals surface area contributed by atoms with Gasteiger partial charge in [0, 0.05) is 6.20 Å². The summed E-state index contributed by atoms with van der Waals surface area (Å²) in [7, 11) is 2.11. The number of fused-ring (bicyclic) bond motifs is 1. The molecule has 0 fully saturated rings. The smallest absolute Gasteiger partial charge is 0.140 e. The van der Waals surface area contributed by atoms with Crippen molar-refractivity contribution in [3.63, 3.8) is 0 Å². The molecule has 58 valence electrons. The van der Waals surface area contributed by atoms with Crippen LogP contribution in [0.1, 0.15) is 5.56 Å². The number of hydrogen-bond acceptors (Lipinski definition) is 1. The fourth-order valence-electron chi connectivity index (χ4n) is 1.46. The normalized spacial score (nSPS) is 10.4. The van der Waals surface area contributed by atoms with Gasteiger partial charge in [-0.3, -0.25) is 4.98 Å². The third-order valence-electron chi connectivity index (χ3n) is 2.19. The average molecular weight is 155 g/mol. The van der Waals surface area contributed by atoms with Crippen molar-refractivity contribution < 1.29 is 0 Å². The van der Waals surface area contributed by atoms with Gasteiger partial charge in [-0.1, -0.05) is 23.7 Å². The van der Waals surface area contributed by atoms with E-state index < -0.39 is 0 Å². The Bertz CT molecular complexity index is 383. The molecule has 1 heterocycles. The van der Waals surface area contributed by atoms with Gasteiger partial charge in [-0.15, -0.1) is 0 Å². The van der Waals surface area contributed by atoms with Crippen molar-refractivity contribution in [1.29, 1.82) is 0 Å². The van der Waals surface area contributed by atoms with Crippen LogP contribution in [0, 0.1) is 6.92 Å². The third-order valence-corrected chi connectivity index (χ3v) is 2.19. The molecule has 2 rings (SSSR count). The molecule has 0 saturated heterocycles. The van der Waals surface area contributed by atoms with Crippen LogP contribution < -0.4 is 5.46 Å². The van der Waals surface area contributed by atoms with Crippen molar-refractivity contribution in [2.45, 2.75) is 6.92 Å². The Morgan fingerprint density at radius 3 is 2.83 bits per heavy atom. The summed E-state index contributed by atoms with van der Waals surface area (Å²) in [5.41, 5.74) is 3.66. The lowest BCUT2D eigenvalue weighted by Gasteiger charge is -2.02. The maximum atomic E-state index is 4.34. The number of nitrogens with zero attached hydrogens (tertiary/aromatic N) is 1. The highest BCUT2D eigenvalue weighted by atomic mass is 14.6. The minimum absolute atomic E-state index is 1.12. The van der Waals surface area contributed by atoms with Crippen LogP contribution in [-0.4, -0.2) is 12.8 Å². The first-order valence-corrected chi connectivity index (χ1v) is 4.10. The van der Waals surface area contributed by atoms with Gasteiger partial charge in [-0.25, -0.2) is 0 Å². The molecule has 0 spiro atoms. The Hall–Kier alpha value is -1.31. The predicted molar refractivity (Wildman–Crippen MR) is 54.7 cm³/mol. The van der Waals surface area contributed by atoms with Crippen LogP contribution >= 0.6 is 0 Å². The van der Waals surface area contributed by atoms with Gasteiger partial charge in [0.05, 0.1) is 5.52 Å². The summed E-state index contributed by atoms with van der Waals surface area (Å²) < 4.78 is 0. The first-order chi connectivity index (χ1) is 5.79. The van der Waals surface area contributed by atoms with E-state index in [1.165, 1.54) is 16.4 Å². The molecule has 0 N–H and O–H groups in total. The van der Waals surface area contributed by atoms with Gasteiger partial charge in [0.2, 0.25) is 0 Å². The van der Waals surface area contributed by atoms with Gasteiger partial charge in [-0.2, -0.15) is 0 Å². The molecular weight excluding hydrogens is 145 g/mol. The molecule has 0 aliphatic carbocycles. The summed E-state index contributed by atoms with van der Waals surface area (Å²) in [4.78, 5) is 4.34. The lowest BCUT2D eigenvalue weighted by atomic mass is 9.90. The van der Waals surface area contributed by atoms with Crippen molar-refractivity contribution >= 4 is 24.2 Å². The molecule has 2 heteroatoms. The highest BCUT2D eigenvalue weighted by Crippen LogP contribution is 2.11. The highest BCUT2D eigenvalue weighted by molar-refractivity contribution is 6.38. The minimum atomic E-state index is 1.12. The van der Waals surface area contributed by atoms with Gasteiger partial charge in [0.15, 0.2) is 0 Å². The molecule has 1 aromatic heterocycles. The Labute approximate surface area is 72.8 Å². The van der Waals surface area contributed by atoms with Gasteiger partial charge in [0.25, 0.3) is 0 Å². The van der Waals surface area contributed by atoms with Gasteiger partial charge >= 0.3 is 0 Å². The zero-order valence-corrected chi connectivity index (χ0v) is 7.33. The molecule has 0 radical (unpaired) electrons. The number of pyridine rings is 1. The van der Waals surface area contributed by atoms with Crippen molar-refractivity contribution in [3.05, 3.63) is 36.0 Å². The summed E-state index contributed by atoms with van der Waals surface area (Å²) in [5, 5.41) is 1.26. The van der Waals surface area contributed by atoms with E-state index in [0.717, 1.165) is 5.52 Å². The van der Waals surface area contributed by atoms with Gasteiger partial charge in [0.1, 0.15) is 7.85 Å². The van der Waals surface area contributed by atoms with E-state index in [1.54, 1.807) is 0 Å². The Balaban J connectivity index is 2.95. The summed E-state index contributed by atoms with van der Waals surface area (Å²) >= 11 is 0. The molecule has 0 saturated carbocycles. The van der Waals surface area contributed by atoms with Crippen LogP contribution in [0.5, 0.6) is 0 Å². The third kappa shape index (κ3) is 1.000. The van der Waals surface area contributed by atoms with Crippen LogP contribution in [0.15, 0.2) is 30.5 Å². The summed E-state index contributed by atoms with van der Waals surface area (Å²) in [5.74, 6) is 0. The minimum Gasteiger partial charge on any atom is -0.256 e. The predicted octanol–water partition coefficient (Wildman–Crippen LogP) is 0.802. The molecule has 1 aromatic carbocycles. The van der Waals surface area contributed by atoms with E-state index in [-0.39, 0.29) is 0 Å². The Morgan fingerprint density at radius 2 is 2.08 bits per heavy atom. The average Bonchev–Trinajstić information content (AvgIpc) is 2.12. The molecule has 0 aliphatic rings. The highest BCUT2D eigenvalue weighted by Gasteiger charge is 1.98. The van der Waals surface area contributed by atoms with E-state index in [9.17, 15) is 0 Å². The maximum absolute atomic E-state index is 4.34. The lowest BCUT2D eigenvalue weighted by molar-refractivity contribution is 1.37. The molecule has 2 aromatic rings. The summed E-state index contributed by atoms with van der Waals surface area (Å²) in [6, 6.07) is 8.35. The van der Waals surface area contributed by atoms with Crippen molar-refractivity contribution in [2.75, 3.05) is 0 Å². The maximum Gasteiger partial charge on any atom is 0.140 e. The van der Waals surface area contributed by atoms with E-state index in [2.05, 4.69) is 38.0 Å². The largest absolute Gasteiger partial charge is 0.256 e. The molecular formula is C10H10BN. The first-order valence-electron chi connectivity index (χ1n) is 4.10. The second-order valence-electron chi connectivity index (χ2n) is 3.10. The van der Waals surface area contributed by atoms with Gasteiger partial charge < -0.3 is 0 Å². The van der Waals surface area contributed by atoms with Crippen LogP contribution in [0.3, 0.4) is 0 Å². The molecule has 1 nitrogen and oxygen atoms in total. The Morgan fingerprint density at radius 1 is 1.25 bits per heavy atom. The summed E-state index contributed by atoms with van der Waals surface area (Å²) in [6.07, 6.45) is 1.84. The van der Waals surface area contributed by atoms with E-state index in [4.69, 9.17) is 0 Å². The Kier molecular flexibility index (Phi) is 1.61. The second kappa shape index (κ2) is 2.63. The topological polar surface area (TPSA) is 12.9 Å². The van der Waals surface area contributed by atoms with E-state index >= 15 is 0 Å². The standard InChI is InChI=1S/C10H10BN/c1-7-4-5-9(11)8-3-2-6-12-10(7)8/h2-6H,11H2,1H3. The van der Waals surface area contributed by atoms with Crippen molar-refractivity contribution in [1.82, 2.24) is 4.98 Å². The SMILES string of the molecule is Bc1ccc(C)c2ncccc12. The van der Waals surface area contributed by atoms with Gasteiger partial charge in [-0.05, 0) is 23.9 Å². The zero-order valence-electron chi connectivity index (χ0n) is 7.33. The fraction of sp³-hybridized carbons (Fsp3) is 0.100. The van der Waals surface area contributed by atoms with Crippen LogP contribution in [0.25, 0.3) is 10.9 Å². The molecule has 0 unspecified atom stereocenters.